The van der Waals surface area contributed by atoms with Crippen LogP contribution in [0.5, 0.6) is 5.75 Å². The number of anilines is 1. The predicted molar refractivity (Wildman–Crippen MR) is 115 cm³/mol. The molecule has 0 saturated heterocycles. The highest BCUT2D eigenvalue weighted by molar-refractivity contribution is 5.97. The molecule has 2 rings (SSSR count). The molecule has 0 amide bonds. The lowest BCUT2D eigenvalue weighted by Gasteiger charge is -2.20. The highest BCUT2D eigenvalue weighted by Crippen LogP contribution is 2.33. The second-order valence-corrected chi connectivity index (χ2v) is 6.97. The van der Waals surface area contributed by atoms with Gasteiger partial charge in [0, 0.05) is 11.1 Å². The summed E-state index contributed by atoms with van der Waals surface area (Å²) in [6.07, 6.45) is 1.74. The predicted octanol–water partition coefficient (Wildman–Crippen LogP) is 3.09. The zero-order chi connectivity index (χ0) is 22.1. The lowest BCUT2D eigenvalue weighted by atomic mass is 9.93. The van der Waals surface area contributed by atoms with Gasteiger partial charge in [-0.1, -0.05) is 36.2 Å². The summed E-state index contributed by atoms with van der Waals surface area (Å²) in [6, 6.07) is 10.5. The molecular weight excluding hydrogens is 386 g/mol. The Balaban J connectivity index is 2.16. The number of rotatable bonds is 10. The summed E-state index contributed by atoms with van der Waals surface area (Å²) in [5.41, 5.74) is 12.0. The molecule has 0 aromatic heterocycles. The molecule has 0 aliphatic heterocycles. The number of aliphatic hydroxyl groups is 1. The van der Waals surface area contributed by atoms with E-state index in [9.17, 15) is 4.79 Å². The highest BCUT2D eigenvalue weighted by atomic mass is 16.7. The van der Waals surface area contributed by atoms with Gasteiger partial charge < -0.3 is 25.6 Å². The fraction of sp³-hybridized carbons (Fsp3) is 0.364. The third-order valence-electron chi connectivity index (χ3n) is 4.57. The normalized spacial score (nSPS) is 12.3. The van der Waals surface area contributed by atoms with E-state index in [1.165, 1.54) is 0 Å². The van der Waals surface area contributed by atoms with Gasteiger partial charge >= 0.3 is 5.97 Å². The Bertz CT molecular complexity index is 881. The van der Waals surface area contributed by atoms with Gasteiger partial charge in [0.25, 0.3) is 0 Å². The number of hydrogen-bond acceptors (Lipinski definition) is 7. The minimum atomic E-state index is -0.585. The van der Waals surface area contributed by atoms with Gasteiger partial charge in [0.15, 0.2) is 5.84 Å². The first-order chi connectivity index (χ1) is 14.4. The quantitative estimate of drug-likeness (QED) is 0.203. The van der Waals surface area contributed by atoms with Gasteiger partial charge in [-0.25, -0.2) is 10.3 Å². The Morgan fingerprint density at radius 1 is 1.27 bits per heavy atom. The lowest BCUT2D eigenvalue weighted by molar-refractivity contribution is -0.142. The van der Waals surface area contributed by atoms with Gasteiger partial charge in [0.2, 0.25) is 0 Å². The van der Waals surface area contributed by atoms with Crippen molar-refractivity contribution in [2.24, 2.45) is 10.9 Å². The van der Waals surface area contributed by atoms with Crippen molar-refractivity contribution in [2.75, 3.05) is 18.7 Å². The van der Waals surface area contributed by atoms with E-state index >= 15 is 0 Å². The minimum absolute atomic E-state index is 0.00935. The molecule has 30 heavy (non-hydrogen) atoms. The zero-order valence-electron chi connectivity index (χ0n) is 17.5. The number of nitrogens with zero attached hydrogens (tertiary/aromatic N) is 1. The molecule has 0 bridgehead atoms. The molecule has 8 nitrogen and oxygen atoms in total. The topological polar surface area (TPSA) is 126 Å². The van der Waals surface area contributed by atoms with Crippen LogP contribution in [0.4, 0.5) is 5.69 Å². The van der Waals surface area contributed by atoms with Crippen LogP contribution in [0.3, 0.4) is 0 Å². The van der Waals surface area contributed by atoms with Crippen molar-refractivity contribution >= 4 is 17.5 Å². The number of aliphatic hydroxyl groups excluding tert-OH is 1. The first-order valence-corrected chi connectivity index (χ1v) is 9.83. The number of ether oxygens (including phenoxy) is 1. The van der Waals surface area contributed by atoms with Crippen molar-refractivity contribution in [2.45, 2.75) is 39.5 Å². The summed E-state index contributed by atoms with van der Waals surface area (Å²) in [7, 11) is 0. The average molecular weight is 415 g/mol. The Morgan fingerprint density at radius 2 is 1.97 bits per heavy atom. The van der Waals surface area contributed by atoms with E-state index in [2.05, 4.69) is 17.6 Å². The van der Waals surface area contributed by atoms with Crippen LogP contribution in [0, 0.1) is 6.92 Å². The maximum atomic E-state index is 12.7. The summed E-state index contributed by atoms with van der Waals surface area (Å²) in [5, 5.41) is 20.8. The molecule has 162 valence electrons. The smallest absolute Gasteiger partial charge is 0.339 e. The van der Waals surface area contributed by atoms with E-state index in [-0.39, 0.29) is 19.0 Å². The van der Waals surface area contributed by atoms with Gasteiger partial charge in [-0.3, -0.25) is 0 Å². The highest BCUT2D eigenvalue weighted by Gasteiger charge is 2.24. The fourth-order valence-corrected chi connectivity index (χ4v) is 3.07. The van der Waals surface area contributed by atoms with Crippen molar-refractivity contribution in [3.05, 3.63) is 58.7 Å². The minimum Gasteiger partial charge on any atom is -0.491 e. The molecule has 1 unspecified atom stereocenters. The standard InChI is InChI=1S/C22H29N3O5/c1-4-5-17-12-14(2)13-19(20(17)29-11-10-26)15(3)22(27)30-25-18-8-6-16(7-9-18)21(23)24-28/h6-9,12-13,15,25-26,28H,4-5,10-11H2,1-3H3,(H2,23,24). The van der Waals surface area contributed by atoms with Crippen LogP contribution in [-0.2, 0) is 16.1 Å². The monoisotopic (exact) mass is 415 g/mol. The third-order valence-corrected chi connectivity index (χ3v) is 4.57. The molecule has 2 aromatic rings. The first kappa shape index (κ1) is 23.0. The molecule has 0 saturated carbocycles. The van der Waals surface area contributed by atoms with Crippen molar-refractivity contribution in [3.8, 4) is 5.75 Å². The Morgan fingerprint density at radius 3 is 2.57 bits per heavy atom. The number of hydrogen-bond donors (Lipinski definition) is 4. The Hall–Kier alpha value is -3.26. The molecule has 8 heteroatoms. The molecule has 0 aliphatic rings. The zero-order valence-corrected chi connectivity index (χ0v) is 17.5. The lowest BCUT2D eigenvalue weighted by Crippen LogP contribution is -2.19. The average Bonchev–Trinajstić information content (AvgIpc) is 2.76. The van der Waals surface area contributed by atoms with Gasteiger partial charge in [0.1, 0.15) is 12.4 Å². The number of aryl methyl sites for hydroxylation is 2. The molecule has 0 heterocycles. The van der Waals surface area contributed by atoms with E-state index in [0.717, 1.165) is 29.5 Å². The summed E-state index contributed by atoms with van der Waals surface area (Å²) >= 11 is 0. The number of nitrogens with two attached hydrogens (primary N) is 1. The number of amidine groups is 1. The van der Waals surface area contributed by atoms with Crippen molar-refractivity contribution < 1.29 is 24.7 Å². The van der Waals surface area contributed by atoms with Crippen molar-refractivity contribution in [1.29, 1.82) is 0 Å². The van der Waals surface area contributed by atoms with Gasteiger partial charge in [-0.15, -0.1) is 0 Å². The Labute approximate surface area is 176 Å². The number of oxime groups is 1. The number of benzene rings is 2. The van der Waals surface area contributed by atoms with E-state index in [0.29, 0.717) is 17.0 Å². The second-order valence-electron chi connectivity index (χ2n) is 6.97. The maximum Gasteiger partial charge on any atom is 0.339 e. The summed E-state index contributed by atoms with van der Waals surface area (Å²) < 4.78 is 5.78. The van der Waals surface area contributed by atoms with Crippen molar-refractivity contribution in [1.82, 2.24) is 0 Å². The Kier molecular flexibility index (Phi) is 8.49. The fourth-order valence-electron chi connectivity index (χ4n) is 3.07. The van der Waals surface area contributed by atoms with Crippen LogP contribution in [0.2, 0.25) is 0 Å². The largest absolute Gasteiger partial charge is 0.491 e. The molecule has 1 atom stereocenters. The second kappa shape index (κ2) is 11.1. The van der Waals surface area contributed by atoms with E-state index in [1.54, 1.807) is 31.2 Å². The molecule has 0 aliphatic carbocycles. The summed E-state index contributed by atoms with van der Waals surface area (Å²) in [5.74, 6) is -0.440. The summed E-state index contributed by atoms with van der Waals surface area (Å²) in [4.78, 5) is 17.9. The van der Waals surface area contributed by atoms with Crippen LogP contribution in [0.1, 0.15) is 48.4 Å². The molecular formula is C22H29N3O5. The first-order valence-electron chi connectivity index (χ1n) is 9.83. The van der Waals surface area contributed by atoms with Gasteiger partial charge in [0.05, 0.1) is 18.2 Å². The number of nitrogens with one attached hydrogen (secondary N) is 1. The van der Waals surface area contributed by atoms with Crippen LogP contribution < -0.4 is 16.0 Å². The third kappa shape index (κ3) is 5.87. The maximum absolute atomic E-state index is 12.7. The molecule has 5 N–H and O–H groups in total. The summed E-state index contributed by atoms with van der Waals surface area (Å²) in [6.45, 7) is 5.84. The van der Waals surface area contributed by atoms with Crippen molar-refractivity contribution in [3.63, 3.8) is 0 Å². The number of carbonyl (C=O) groups is 1. The van der Waals surface area contributed by atoms with E-state index < -0.39 is 11.9 Å². The van der Waals surface area contributed by atoms with E-state index in [4.69, 9.17) is 25.6 Å². The SMILES string of the molecule is CCCc1cc(C)cc(C(C)C(=O)ONc2ccc(C(N)=NO)cc2)c1OCCO. The number of carbonyl (C=O) groups excluding carboxylic acids is 1. The van der Waals surface area contributed by atoms with Gasteiger partial charge in [-0.05, 0) is 50.1 Å². The van der Waals surface area contributed by atoms with Crippen LogP contribution in [-0.4, -0.2) is 35.3 Å². The molecule has 2 aromatic carbocycles. The van der Waals surface area contributed by atoms with Gasteiger partial charge in [-0.2, -0.15) is 0 Å². The van der Waals surface area contributed by atoms with E-state index in [1.807, 2.05) is 19.1 Å². The van der Waals surface area contributed by atoms with Crippen LogP contribution in [0.25, 0.3) is 0 Å². The molecule has 0 fully saturated rings. The molecule has 0 spiro atoms. The molecule has 0 radical (unpaired) electrons. The van der Waals surface area contributed by atoms with Crippen LogP contribution >= 0.6 is 0 Å². The van der Waals surface area contributed by atoms with Crippen LogP contribution in [0.15, 0.2) is 41.6 Å².